The first-order valence-electron chi connectivity index (χ1n) is 2.76. The number of hydrogen-bond donors (Lipinski definition) is 1. The quantitative estimate of drug-likeness (QED) is 0.687. The minimum Gasteiger partial charge on any atom is -0.142 e. The van der Waals surface area contributed by atoms with E-state index in [1.165, 1.54) is 5.56 Å². The summed E-state index contributed by atoms with van der Waals surface area (Å²) in [5.74, 6) is 0. The van der Waals surface area contributed by atoms with Crippen molar-refractivity contribution in [2.45, 2.75) is 11.8 Å². The Kier molecular flexibility index (Phi) is 2.83. The average molecular weight is 282 g/mol. The van der Waals surface area contributed by atoms with Crippen molar-refractivity contribution in [3.63, 3.8) is 0 Å². The summed E-state index contributed by atoms with van der Waals surface area (Å²) >= 11 is 11.1. The maximum atomic E-state index is 4.30. The molecule has 1 aromatic rings. The molecule has 0 heterocycles. The lowest BCUT2D eigenvalue weighted by atomic mass is 10.2. The highest BCUT2D eigenvalue weighted by Crippen LogP contribution is 2.31. The normalized spacial score (nSPS) is 10.0. The van der Waals surface area contributed by atoms with Gasteiger partial charge in [0, 0.05) is 13.8 Å². The monoisotopic (exact) mass is 280 g/mol. The van der Waals surface area contributed by atoms with Crippen LogP contribution in [0.25, 0.3) is 0 Å². The van der Waals surface area contributed by atoms with Crippen LogP contribution in [0.2, 0.25) is 0 Å². The highest BCUT2D eigenvalue weighted by molar-refractivity contribution is 9.13. The molecule has 0 aliphatic carbocycles. The van der Waals surface area contributed by atoms with Gasteiger partial charge in [0.25, 0.3) is 0 Å². The van der Waals surface area contributed by atoms with Crippen molar-refractivity contribution in [1.82, 2.24) is 0 Å². The van der Waals surface area contributed by atoms with E-state index in [1.807, 2.05) is 19.1 Å². The van der Waals surface area contributed by atoms with Gasteiger partial charge in [0.05, 0.1) is 0 Å². The molecule has 0 radical (unpaired) electrons. The summed E-state index contributed by atoms with van der Waals surface area (Å²) in [7, 11) is 0. The van der Waals surface area contributed by atoms with Gasteiger partial charge in [-0.1, -0.05) is 6.07 Å². The molecule has 0 atom stereocenters. The maximum absolute atomic E-state index is 4.30. The number of benzene rings is 1. The van der Waals surface area contributed by atoms with E-state index in [4.69, 9.17) is 0 Å². The Hall–Kier alpha value is 0.530. The van der Waals surface area contributed by atoms with E-state index in [0.717, 1.165) is 13.8 Å². The molecule has 0 aliphatic rings. The lowest BCUT2D eigenvalue weighted by Crippen LogP contribution is -1.78. The standard InChI is InChI=1S/C7H6Br2S/c1-4-2-3-5(8)6(9)7(4)10/h2-3,10H,1H3. The first kappa shape index (κ1) is 8.62. The van der Waals surface area contributed by atoms with Gasteiger partial charge in [0.15, 0.2) is 0 Å². The van der Waals surface area contributed by atoms with Crippen molar-refractivity contribution in [2.24, 2.45) is 0 Å². The van der Waals surface area contributed by atoms with Crippen molar-refractivity contribution in [2.75, 3.05) is 0 Å². The molecule has 0 saturated carbocycles. The van der Waals surface area contributed by atoms with E-state index >= 15 is 0 Å². The van der Waals surface area contributed by atoms with Crippen LogP contribution in [0.1, 0.15) is 5.56 Å². The summed E-state index contributed by atoms with van der Waals surface area (Å²) in [6, 6.07) is 4.02. The first-order chi connectivity index (χ1) is 4.63. The maximum Gasteiger partial charge on any atom is 0.0453 e. The van der Waals surface area contributed by atoms with Crippen LogP contribution in [-0.4, -0.2) is 0 Å². The molecular weight excluding hydrogens is 276 g/mol. The highest BCUT2D eigenvalue weighted by atomic mass is 79.9. The largest absolute Gasteiger partial charge is 0.142 e. The number of halogens is 2. The van der Waals surface area contributed by atoms with E-state index in [9.17, 15) is 0 Å². The van der Waals surface area contributed by atoms with Gasteiger partial charge in [0.1, 0.15) is 0 Å². The predicted molar refractivity (Wildman–Crippen MR) is 53.8 cm³/mol. The Bertz CT molecular complexity index is 231. The molecule has 0 saturated heterocycles. The molecule has 0 fully saturated rings. The van der Waals surface area contributed by atoms with Crippen molar-refractivity contribution in [1.29, 1.82) is 0 Å². The molecule has 3 heteroatoms. The van der Waals surface area contributed by atoms with Crippen LogP contribution in [0.5, 0.6) is 0 Å². The lowest BCUT2D eigenvalue weighted by Gasteiger charge is -2.02. The topological polar surface area (TPSA) is 0 Å². The first-order valence-corrected chi connectivity index (χ1v) is 4.80. The van der Waals surface area contributed by atoms with Crippen LogP contribution < -0.4 is 0 Å². The van der Waals surface area contributed by atoms with E-state index in [-0.39, 0.29) is 0 Å². The van der Waals surface area contributed by atoms with Crippen LogP contribution in [-0.2, 0) is 0 Å². The van der Waals surface area contributed by atoms with Gasteiger partial charge >= 0.3 is 0 Å². The highest BCUT2D eigenvalue weighted by Gasteiger charge is 2.01. The van der Waals surface area contributed by atoms with Crippen LogP contribution in [0.15, 0.2) is 26.0 Å². The summed E-state index contributed by atoms with van der Waals surface area (Å²) in [6.07, 6.45) is 0. The van der Waals surface area contributed by atoms with Crippen LogP contribution in [0, 0.1) is 6.92 Å². The summed E-state index contributed by atoms with van der Waals surface area (Å²) < 4.78 is 2.07. The average Bonchev–Trinajstić information content (AvgIpc) is 1.93. The molecule has 0 spiro atoms. The van der Waals surface area contributed by atoms with E-state index < -0.39 is 0 Å². The summed E-state index contributed by atoms with van der Waals surface area (Å²) in [4.78, 5) is 0.995. The van der Waals surface area contributed by atoms with Gasteiger partial charge in [-0.05, 0) is 50.4 Å². The van der Waals surface area contributed by atoms with Crippen LogP contribution >= 0.6 is 44.5 Å². The van der Waals surface area contributed by atoms with Gasteiger partial charge in [-0.15, -0.1) is 12.6 Å². The fraction of sp³-hybridized carbons (Fsp3) is 0.143. The minimum absolute atomic E-state index is 0.995. The van der Waals surface area contributed by atoms with Crippen LogP contribution in [0.4, 0.5) is 0 Å². The third-order valence-corrected chi connectivity index (χ3v) is 4.17. The smallest absolute Gasteiger partial charge is 0.0453 e. The number of thiol groups is 1. The van der Waals surface area contributed by atoms with Gasteiger partial charge in [-0.3, -0.25) is 0 Å². The van der Waals surface area contributed by atoms with Crippen LogP contribution in [0.3, 0.4) is 0 Å². The number of rotatable bonds is 0. The van der Waals surface area contributed by atoms with Crippen molar-refractivity contribution < 1.29 is 0 Å². The molecule has 10 heavy (non-hydrogen) atoms. The van der Waals surface area contributed by atoms with E-state index in [2.05, 4.69) is 44.5 Å². The van der Waals surface area contributed by atoms with Crippen molar-refractivity contribution in [3.05, 3.63) is 26.6 Å². The summed E-state index contributed by atoms with van der Waals surface area (Å²) in [5, 5.41) is 0. The van der Waals surface area contributed by atoms with Crippen molar-refractivity contribution in [3.8, 4) is 0 Å². The molecular formula is C7H6Br2S. The lowest BCUT2D eigenvalue weighted by molar-refractivity contribution is 1.26. The molecule has 0 bridgehead atoms. The zero-order valence-corrected chi connectivity index (χ0v) is 9.42. The molecule has 1 rings (SSSR count). The Balaban J connectivity index is 3.34. The van der Waals surface area contributed by atoms with Gasteiger partial charge in [0.2, 0.25) is 0 Å². The predicted octanol–water partition coefficient (Wildman–Crippen LogP) is 3.81. The Morgan fingerprint density at radius 1 is 1.30 bits per heavy atom. The van der Waals surface area contributed by atoms with E-state index in [1.54, 1.807) is 0 Å². The van der Waals surface area contributed by atoms with Gasteiger partial charge in [-0.2, -0.15) is 0 Å². The molecule has 54 valence electrons. The SMILES string of the molecule is Cc1ccc(Br)c(Br)c1S. The second kappa shape index (κ2) is 3.28. The molecule has 0 nitrogen and oxygen atoms in total. The molecule has 0 unspecified atom stereocenters. The Labute approximate surface area is 82.7 Å². The number of hydrogen-bond acceptors (Lipinski definition) is 1. The number of aryl methyl sites for hydroxylation is 1. The minimum atomic E-state index is 0.995. The zero-order chi connectivity index (χ0) is 7.72. The van der Waals surface area contributed by atoms with E-state index in [0.29, 0.717) is 0 Å². The Morgan fingerprint density at radius 2 is 1.90 bits per heavy atom. The second-order valence-corrected chi connectivity index (χ2v) is 4.12. The van der Waals surface area contributed by atoms with Gasteiger partial charge in [-0.25, -0.2) is 0 Å². The van der Waals surface area contributed by atoms with Gasteiger partial charge < -0.3 is 0 Å². The summed E-state index contributed by atoms with van der Waals surface area (Å²) in [6.45, 7) is 2.03. The molecule has 0 aliphatic heterocycles. The second-order valence-electron chi connectivity index (χ2n) is 2.03. The molecule has 0 amide bonds. The third-order valence-electron chi connectivity index (χ3n) is 1.27. The fourth-order valence-corrected chi connectivity index (χ4v) is 1.76. The van der Waals surface area contributed by atoms with Crippen molar-refractivity contribution >= 4 is 44.5 Å². The zero-order valence-electron chi connectivity index (χ0n) is 5.36. The molecule has 0 aromatic heterocycles. The molecule has 0 N–H and O–H groups in total. The Morgan fingerprint density at radius 3 is 2.40 bits per heavy atom. The summed E-state index contributed by atoms with van der Waals surface area (Å²) in [5.41, 5.74) is 1.18. The molecule has 1 aromatic carbocycles. The fourth-order valence-electron chi connectivity index (χ4n) is 0.636. The third kappa shape index (κ3) is 1.57.